The van der Waals surface area contributed by atoms with Gasteiger partial charge in [-0.15, -0.1) is 11.3 Å². The molecule has 0 aliphatic heterocycles. The maximum absolute atomic E-state index is 12.9. The van der Waals surface area contributed by atoms with Crippen molar-refractivity contribution in [1.82, 2.24) is 9.55 Å². The summed E-state index contributed by atoms with van der Waals surface area (Å²) in [6.07, 6.45) is 3.46. The summed E-state index contributed by atoms with van der Waals surface area (Å²) in [7, 11) is 0. The van der Waals surface area contributed by atoms with Gasteiger partial charge in [-0.05, 0) is 37.7 Å². The van der Waals surface area contributed by atoms with E-state index in [9.17, 15) is 9.59 Å². The van der Waals surface area contributed by atoms with Crippen LogP contribution in [-0.2, 0) is 24.2 Å². The first-order valence-corrected chi connectivity index (χ1v) is 9.77. The zero-order chi connectivity index (χ0) is 16.6. The van der Waals surface area contributed by atoms with Crippen LogP contribution in [0.15, 0.2) is 9.95 Å². The van der Waals surface area contributed by atoms with Gasteiger partial charge in [0.05, 0.1) is 5.39 Å². The number of aryl methyl sites for hydroxylation is 1. The fourth-order valence-electron chi connectivity index (χ4n) is 3.04. The summed E-state index contributed by atoms with van der Waals surface area (Å²) in [6.45, 7) is 4.80. The summed E-state index contributed by atoms with van der Waals surface area (Å²) in [5.41, 5.74) is 6.47. The molecule has 124 valence electrons. The van der Waals surface area contributed by atoms with Crippen molar-refractivity contribution in [2.75, 3.05) is 5.75 Å². The van der Waals surface area contributed by atoms with Crippen LogP contribution in [0.4, 0.5) is 0 Å². The van der Waals surface area contributed by atoms with Crippen LogP contribution in [0.5, 0.6) is 0 Å². The summed E-state index contributed by atoms with van der Waals surface area (Å²) in [5.74, 6) is 0.896. The molecule has 0 bridgehead atoms. The van der Waals surface area contributed by atoms with E-state index in [2.05, 4.69) is 6.92 Å². The maximum Gasteiger partial charge on any atom is 0.263 e. The van der Waals surface area contributed by atoms with Gasteiger partial charge in [0, 0.05) is 23.6 Å². The molecule has 2 N–H and O–H groups in total. The van der Waals surface area contributed by atoms with Crippen LogP contribution in [0.25, 0.3) is 10.2 Å². The zero-order valence-electron chi connectivity index (χ0n) is 13.4. The Morgan fingerprint density at radius 3 is 3.00 bits per heavy atom. The van der Waals surface area contributed by atoms with Crippen molar-refractivity contribution < 1.29 is 4.79 Å². The Hall–Kier alpha value is -1.34. The van der Waals surface area contributed by atoms with E-state index in [1.807, 2.05) is 6.92 Å². The van der Waals surface area contributed by atoms with Gasteiger partial charge < -0.3 is 5.73 Å². The summed E-state index contributed by atoms with van der Waals surface area (Å²) in [5, 5.41) is 1.51. The Kier molecular flexibility index (Phi) is 4.77. The van der Waals surface area contributed by atoms with Gasteiger partial charge in [0.15, 0.2) is 5.16 Å². The lowest BCUT2D eigenvalue weighted by Crippen LogP contribution is -2.23. The highest BCUT2D eigenvalue weighted by Gasteiger charge is 2.24. The number of nitrogens with two attached hydrogens (primary N) is 1. The molecule has 1 amide bonds. The second-order valence-electron chi connectivity index (χ2n) is 6.04. The number of rotatable bonds is 5. The number of carbonyl (C=O) groups is 1. The average molecular weight is 351 g/mol. The fraction of sp³-hybridized carbons (Fsp3) is 0.562. The van der Waals surface area contributed by atoms with Crippen molar-refractivity contribution in [3.63, 3.8) is 0 Å². The average Bonchev–Trinajstić information content (AvgIpc) is 2.84. The lowest BCUT2D eigenvalue weighted by Gasteiger charge is -2.17. The molecule has 0 fully saturated rings. The number of fused-ring (bicyclic) bond motifs is 3. The maximum atomic E-state index is 12.9. The van der Waals surface area contributed by atoms with E-state index in [0.29, 0.717) is 29.8 Å². The molecule has 0 spiro atoms. The number of carbonyl (C=O) groups excluding carboxylic acids is 1. The van der Waals surface area contributed by atoms with Crippen LogP contribution in [0.2, 0.25) is 0 Å². The number of primary amides is 1. The number of thiophene rings is 1. The largest absolute Gasteiger partial charge is 0.370 e. The van der Waals surface area contributed by atoms with Gasteiger partial charge in [-0.2, -0.15) is 0 Å². The minimum Gasteiger partial charge on any atom is -0.370 e. The number of amides is 1. The molecule has 0 radical (unpaired) electrons. The molecule has 5 nitrogen and oxygen atoms in total. The Morgan fingerprint density at radius 2 is 2.30 bits per heavy atom. The molecular weight excluding hydrogens is 330 g/mol. The molecule has 2 aromatic rings. The van der Waals surface area contributed by atoms with Gasteiger partial charge >= 0.3 is 0 Å². The van der Waals surface area contributed by atoms with Crippen molar-refractivity contribution in [1.29, 1.82) is 0 Å². The van der Waals surface area contributed by atoms with Crippen molar-refractivity contribution in [2.45, 2.75) is 51.2 Å². The van der Waals surface area contributed by atoms with Crippen molar-refractivity contribution in [2.24, 2.45) is 11.7 Å². The van der Waals surface area contributed by atoms with Gasteiger partial charge in [0.2, 0.25) is 5.91 Å². The van der Waals surface area contributed by atoms with Crippen LogP contribution in [-0.4, -0.2) is 21.2 Å². The Balaban J connectivity index is 2.05. The predicted molar refractivity (Wildman–Crippen MR) is 95.3 cm³/mol. The normalized spacial score (nSPS) is 17.4. The summed E-state index contributed by atoms with van der Waals surface area (Å²) >= 11 is 3.09. The number of thioether (sulfide) groups is 1. The van der Waals surface area contributed by atoms with E-state index in [0.717, 1.165) is 29.5 Å². The molecule has 3 rings (SSSR count). The summed E-state index contributed by atoms with van der Waals surface area (Å²) < 4.78 is 1.72. The van der Waals surface area contributed by atoms with E-state index < -0.39 is 0 Å². The molecule has 0 unspecified atom stereocenters. The van der Waals surface area contributed by atoms with Crippen LogP contribution in [0, 0.1) is 5.92 Å². The molecule has 0 aromatic carbocycles. The van der Waals surface area contributed by atoms with Crippen LogP contribution < -0.4 is 11.3 Å². The highest BCUT2D eigenvalue weighted by atomic mass is 32.2. The topological polar surface area (TPSA) is 78.0 Å². The second-order valence-corrected chi connectivity index (χ2v) is 8.19. The van der Waals surface area contributed by atoms with Gasteiger partial charge in [-0.3, -0.25) is 14.2 Å². The molecule has 2 heterocycles. The first kappa shape index (κ1) is 16.5. The van der Waals surface area contributed by atoms with Gasteiger partial charge in [0.25, 0.3) is 5.56 Å². The van der Waals surface area contributed by atoms with Gasteiger partial charge in [-0.25, -0.2) is 4.98 Å². The van der Waals surface area contributed by atoms with E-state index in [1.165, 1.54) is 22.2 Å². The van der Waals surface area contributed by atoms with Gasteiger partial charge in [-0.1, -0.05) is 18.7 Å². The van der Waals surface area contributed by atoms with Crippen molar-refractivity contribution in [3.05, 3.63) is 20.8 Å². The van der Waals surface area contributed by atoms with E-state index in [4.69, 9.17) is 10.7 Å². The molecule has 2 aromatic heterocycles. The first-order chi connectivity index (χ1) is 11.0. The monoisotopic (exact) mass is 351 g/mol. The predicted octanol–water partition coefficient (Wildman–Crippen LogP) is 2.57. The molecule has 1 aliphatic carbocycles. The number of nitrogens with zero attached hydrogens (tertiary/aromatic N) is 2. The first-order valence-electron chi connectivity index (χ1n) is 7.97. The smallest absolute Gasteiger partial charge is 0.263 e. The summed E-state index contributed by atoms with van der Waals surface area (Å²) in [4.78, 5) is 30.7. The molecule has 0 saturated heterocycles. The van der Waals surface area contributed by atoms with E-state index in [1.54, 1.807) is 15.9 Å². The number of hydrogen-bond donors (Lipinski definition) is 1. The van der Waals surface area contributed by atoms with Crippen LogP contribution in [0.1, 0.15) is 37.1 Å². The number of hydrogen-bond acceptors (Lipinski definition) is 5. The Labute approximate surface area is 143 Å². The van der Waals surface area contributed by atoms with Crippen molar-refractivity contribution in [3.8, 4) is 0 Å². The Morgan fingerprint density at radius 1 is 1.52 bits per heavy atom. The minimum absolute atomic E-state index is 0.0612. The molecule has 23 heavy (non-hydrogen) atoms. The van der Waals surface area contributed by atoms with Crippen LogP contribution >= 0.6 is 23.1 Å². The quantitative estimate of drug-likeness (QED) is 0.663. The van der Waals surface area contributed by atoms with Gasteiger partial charge in [0.1, 0.15) is 4.83 Å². The molecule has 1 aliphatic rings. The van der Waals surface area contributed by atoms with Crippen molar-refractivity contribution >= 4 is 39.2 Å². The Bertz CT molecular complexity index is 810. The highest BCUT2D eigenvalue weighted by molar-refractivity contribution is 7.99. The fourth-order valence-corrected chi connectivity index (χ4v) is 5.48. The highest BCUT2D eigenvalue weighted by Crippen LogP contribution is 2.36. The second kappa shape index (κ2) is 6.65. The number of aromatic nitrogens is 2. The summed E-state index contributed by atoms with van der Waals surface area (Å²) in [6, 6.07) is 0. The lowest BCUT2D eigenvalue weighted by molar-refractivity contribution is -0.117. The molecule has 0 saturated carbocycles. The zero-order valence-corrected chi connectivity index (χ0v) is 15.1. The molecule has 1 atom stereocenters. The third kappa shape index (κ3) is 3.17. The lowest BCUT2D eigenvalue weighted by atomic mass is 9.89. The van der Waals surface area contributed by atoms with E-state index in [-0.39, 0.29) is 11.5 Å². The molecular formula is C16H21N3O2S2. The molecule has 7 heteroatoms. The SMILES string of the molecule is CCn1c(SCCC(N)=O)nc2sc3c(c2c1=O)CC[C@H](C)C3. The van der Waals surface area contributed by atoms with E-state index >= 15 is 0 Å². The standard InChI is InChI=1S/C16H21N3O2S2/c1-3-19-15(21)13-10-5-4-9(2)8-11(10)23-14(13)18-16(19)22-7-6-12(17)20/h9H,3-8H2,1-2H3,(H2,17,20)/t9-/m0/s1. The third-order valence-electron chi connectivity index (χ3n) is 4.28. The minimum atomic E-state index is -0.329. The van der Waals surface area contributed by atoms with Crippen LogP contribution in [0.3, 0.4) is 0 Å². The third-order valence-corrected chi connectivity index (χ3v) is 6.40.